The molecule has 9 atom stereocenters. The van der Waals surface area contributed by atoms with Crippen LogP contribution in [0.5, 0.6) is 0 Å². The molecule has 3 saturated carbocycles. The Morgan fingerprint density at radius 1 is 0.725 bits per heavy atom. The Kier molecular flexibility index (Phi) is 19.4. The fourth-order valence-corrected chi connectivity index (χ4v) is 12.2. The van der Waals surface area contributed by atoms with E-state index in [9.17, 15) is 0 Å². The number of ether oxygens (including phenoxy) is 2. The molecule has 4 aliphatic carbocycles. The van der Waals surface area contributed by atoms with Crippen molar-refractivity contribution in [1.29, 1.82) is 0 Å². The number of rotatable bonds is 27. The van der Waals surface area contributed by atoms with Crippen molar-refractivity contribution in [3.05, 3.63) is 11.6 Å². The normalized spacial score (nSPS) is 31.6. The van der Waals surface area contributed by atoms with E-state index >= 15 is 0 Å². The molecule has 1 unspecified atom stereocenters. The van der Waals surface area contributed by atoms with Crippen LogP contribution in [0, 0.1) is 46.3 Å². The lowest BCUT2D eigenvalue weighted by Gasteiger charge is -2.58. The first-order valence-electron chi connectivity index (χ1n) is 23.4. The Balaban J connectivity index is 1.07. The highest BCUT2D eigenvalue weighted by Gasteiger charge is 2.59. The average molecular weight is 712 g/mol. The van der Waals surface area contributed by atoms with E-state index in [0.29, 0.717) is 30.1 Å². The molecule has 0 amide bonds. The van der Waals surface area contributed by atoms with E-state index < -0.39 is 0 Å². The van der Waals surface area contributed by atoms with Gasteiger partial charge in [-0.25, -0.2) is 0 Å². The third-order valence-electron chi connectivity index (χ3n) is 15.4. The zero-order valence-corrected chi connectivity index (χ0v) is 35.3. The minimum atomic E-state index is 0.0330. The molecule has 298 valence electrons. The lowest BCUT2D eigenvalue weighted by Crippen LogP contribution is -2.51. The minimum absolute atomic E-state index is 0.0330. The van der Waals surface area contributed by atoms with Gasteiger partial charge >= 0.3 is 0 Å². The molecule has 0 bridgehead atoms. The Labute approximate surface area is 319 Å². The standard InChI is InChI=1S/C48H89NO2/c1-7-8-9-10-11-12-13-14-15-16-17-18-19-20-21-22-34-50-37-42(36-49)51-41-30-32-47(5)40(35-41)26-27-43-45-29-28-44(39(4)25-23-24-38(2)3)48(45,6)33-31-46(43)47/h26,38-39,41-46H,7-25,27-37,49H2,1-6H3/t39-,41+,42?,43+,44-,45+,46+,47+,48-/m1/s1. The van der Waals surface area contributed by atoms with Crippen LogP contribution in [0.3, 0.4) is 0 Å². The van der Waals surface area contributed by atoms with Crippen LogP contribution in [0.15, 0.2) is 11.6 Å². The number of hydrogen-bond donors (Lipinski definition) is 1. The van der Waals surface area contributed by atoms with Crippen LogP contribution in [0.25, 0.3) is 0 Å². The molecule has 3 heteroatoms. The maximum absolute atomic E-state index is 6.69. The molecular weight excluding hydrogens is 623 g/mol. The Hall–Kier alpha value is -0.380. The molecule has 51 heavy (non-hydrogen) atoms. The Morgan fingerprint density at radius 3 is 1.96 bits per heavy atom. The van der Waals surface area contributed by atoms with Gasteiger partial charge < -0.3 is 15.2 Å². The van der Waals surface area contributed by atoms with Crippen molar-refractivity contribution in [1.82, 2.24) is 0 Å². The second-order valence-corrected chi connectivity index (χ2v) is 19.5. The first-order chi connectivity index (χ1) is 24.7. The third-order valence-corrected chi connectivity index (χ3v) is 15.4. The molecular formula is C48H89NO2. The summed E-state index contributed by atoms with van der Waals surface area (Å²) < 4.78 is 12.8. The van der Waals surface area contributed by atoms with Gasteiger partial charge in [0.15, 0.2) is 0 Å². The summed E-state index contributed by atoms with van der Waals surface area (Å²) >= 11 is 0. The summed E-state index contributed by atoms with van der Waals surface area (Å²) in [5.41, 5.74) is 8.91. The summed E-state index contributed by atoms with van der Waals surface area (Å²) in [6.45, 7) is 17.1. The van der Waals surface area contributed by atoms with Gasteiger partial charge in [-0.1, -0.05) is 169 Å². The molecule has 4 rings (SSSR count). The summed E-state index contributed by atoms with van der Waals surface area (Å²) in [7, 11) is 0. The molecule has 0 aromatic heterocycles. The van der Waals surface area contributed by atoms with Crippen molar-refractivity contribution in [2.75, 3.05) is 19.8 Å². The van der Waals surface area contributed by atoms with Crippen LogP contribution in [-0.2, 0) is 9.47 Å². The molecule has 0 saturated heterocycles. The molecule has 0 aliphatic heterocycles. The van der Waals surface area contributed by atoms with Crippen LogP contribution < -0.4 is 5.73 Å². The highest BCUT2D eigenvalue weighted by molar-refractivity contribution is 5.25. The minimum Gasteiger partial charge on any atom is -0.379 e. The molecule has 3 nitrogen and oxygen atoms in total. The molecule has 0 heterocycles. The monoisotopic (exact) mass is 712 g/mol. The van der Waals surface area contributed by atoms with Gasteiger partial charge in [0.2, 0.25) is 0 Å². The van der Waals surface area contributed by atoms with Crippen molar-refractivity contribution in [3.63, 3.8) is 0 Å². The van der Waals surface area contributed by atoms with Gasteiger partial charge in [-0.05, 0) is 104 Å². The van der Waals surface area contributed by atoms with Gasteiger partial charge in [-0.15, -0.1) is 0 Å². The highest BCUT2D eigenvalue weighted by atomic mass is 16.5. The maximum atomic E-state index is 6.69. The number of unbranched alkanes of at least 4 members (excludes halogenated alkanes) is 15. The second kappa shape index (κ2) is 22.9. The van der Waals surface area contributed by atoms with Crippen molar-refractivity contribution in [3.8, 4) is 0 Å². The van der Waals surface area contributed by atoms with Gasteiger partial charge in [0.25, 0.3) is 0 Å². The second-order valence-electron chi connectivity index (χ2n) is 19.5. The molecule has 0 radical (unpaired) electrons. The predicted octanol–water partition coefficient (Wildman–Crippen LogP) is 14.0. The van der Waals surface area contributed by atoms with E-state index in [4.69, 9.17) is 15.2 Å². The van der Waals surface area contributed by atoms with Crippen molar-refractivity contribution in [2.24, 2.45) is 52.1 Å². The number of nitrogens with two attached hydrogens (primary N) is 1. The van der Waals surface area contributed by atoms with Gasteiger partial charge in [-0.2, -0.15) is 0 Å². The van der Waals surface area contributed by atoms with E-state index in [1.54, 1.807) is 5.57 Å². The largest absolute Gasteiger partial charge is 0.379 e. The first-order valence-corrected chi connectivity index (χ1v) is 23.4. The summed E-state index contributed by atoms with van der Waals surface area (Å²) in [5, 5.41) is 0. The lowest BCUT2D eigenvalue weighted by molar-refractivity contribution is -0.0876. The van der Waals surface area contributed by atoms with Crippen LogP contribution >= 0.6 is 0 Å². The molecule has 2 N–H and O–H groups in total. The first kappa shape index (κ1) is 43.3. The van der Waals surface area contributed by atoms with Gasteiger partial charge in [0, 0.05) is 13.2 Å². The fourth-order valence-electron chi connectivity index (χ4n) is 12.2. The number of fused-ring (bicyclic) bond motifs is 5. The molecule has 3 fully saturated rings. The zero-order chi connectivity index (χ0) is 36.5. The highest BCUT2D eigenvalue weighted by Crippen LogP contribution is 2.67. The van der Waals surface area contributed by atoms with Crippen molar-refractivity contribution in [2.45, 2.75) is 227 Å². The third kappa shape index (κ3) is 12.8. The van der Waals surface area contributed by atoms with Gasteiger partial charge in [-0.3, -0.25) is 0 Å². The van der Waals surface area contributed by atoms with Crippen LogP contribution in [0.1, 0.15) is 215 Å². The van der Waals surface area contributed by atoms with Crippen molar-refractivity contribution >= 4 is 0 Å². The van der Waals surface area contributed by atoms with E-state index in [1.807, 2.05) is 0 Å². The van der Waals surface area contributed by atoms with Crippen LogP contribution in [0.2, 0.25) is 0 Å². The van der Waals surface area contributed by atoms with E-state index in [1.165, 1.54) is 167 Å². The number of allylic oxidation sites excluding steroid dienone is 1. The van der Waals surface area contributed by atoms with Crippen LogP contribution in [0.4, 0.5) is 0 Å². The maximum Gasteiger partial charge on any atom is 0.0934 e. The van der Waals surface area contributed by atoms with E-state index in [0.717, 1.165) is 48.5 Å². The Morgan fingerprint density at radius 2 is 1.35 bits per heavy atom. The molecule has 0 aromatic carbocycles. The lowest BCUT2D eigenvalue weighted by atomic mass is 9.47. The zero-order valence-electron chi connectivity index (χ0n) is 35.3. The summed E-state index contributed by atoms with van der Waals surface area (Å²) in [6.07, 6.45) is 40.6. The summed E-state index contributed by atoms with van der Waals surface area (Å²) in [4.78, 5) is 0. The van der Waals surface area contributed by atoms with Crippen LogP contribution in [-0.4, -0.2) is 32.0 Å². The van der Waals surface area contributed by atoms with E-state index in [-0.39, 0.29) is 6.10 Å². The smallest absolute Gasteiger partial charge is 0.0934 e. The quantitative estimate of drug-likeness (QED) is 0.0681. The van der Waals surface area contributed by atoms with E-state index in [2.05, 4.69) is 47.6 Å². The SMILES string of the molecule is CCCCCCCCCCCCCCCCCCOCC(CN)O[C@H]1CC[C@@]2(C)C(=CC[C@H]3[C@@H]4CC[C@H]([C@H](C)CCCC(C)C)[C@@]4(C)CC[C@@H]32)C1. The molecule has 4 aliphatic rings. The average Bonchev–Trinajstić information content (AvgIpc) is 3.47. The molecule has 0 spiro atoms. The van der Waals surface area contributed by atoms with Gasteiger partial charge in [0.05, 0.1) is 18.8 Å². The summed E-state index contributed by atoms with van der Waals surface area (Å²) in [6, 6.07) is 0. The predicted molar refractivity (Wildman–Crippen MR) is 221 cm³/mol. The van der Waals surface area contributed by atoms with Crippen molar-refractivity contribution < 1.29 is 9.47 Å². The Bertz CT molecular complexity index is 961. The fraction of sp³-hybridized carbons (Fsp3) is 0.958. The molecule has 0 aromatic rings. The number of hydrogen-bond acceptors (Lipinski definition) is 3. The van der Waals surface area contributed by atoms with Gasteiger partial charge in [0.1, 0.15) is 0 Å². The topological polar surface area (TPSA) is 44.5 Å². The summed E-state index contributed by atoms with van der Waals surface area (Å²) in [5.74, 6) is 5.39.